The lowest BCUT2D eigenvalue weighted by atomic mass is 10.1. The van der Waals surface area contributed by atoms with Crippen molar-refractivity contribution in [3.05, 3.63) is 65.4 Å². The molecule has 1 saturated heterocycles. The highest BCUT2D eigenvalue weighted by molar-refractivity contribution is 6.32. The van der Waals surface area contributed by atoms with E-state index in [1.165, 1.54) is 0 Å². The third kappa shape index (κ3) is 4.89. The highest BCUT2D eigenvalue weighted by atomic mass is 35.5. The molecule has 178 valence electrons. The van der Waals surface area contributed by atoms with Crippen molar-refractivity contribution >= 4 is 46.4 Å². The Morgan fingerprint density at radius 3 is 2.65 bits per heavy atom. The summed E-state index contributed by atoms with van der Waals surface area (Å²) in [4.78, 5) is 2.20. The van der Waals surface area contributed by atoms with Crippen molar-refractivity contribution in [3.8, 4) is 11.4 Å². The van der Waals surface area contributed by atoms with Gasteiger partial charge in [0.15, 0.2) is 11.6 Å². The number of anilines is 2. The van der Waals surface area contributed by atoms with E-state index in [0.29, 0.717) is 23.1 Å². The van der Waals surface area contributed by atoms with Gasteiger partial charge in [-0.3, -0.25) is 0 Å². The number of piperidine rings is 1. The largest absolute Gasteiger partial charge is 0.495 e. The molecule has 3 heterocycles. The van der Waals surface area contributed by atoms with Gasteiger partial charge in [-0.05, 0) is 54.8 Å². The minimum absolute atomic E-state index is 0. The normalized spacial score (nSPS) is 14.1. The van der Waals surface area contributed by atoms with Crippen molar-refractivity contribution in [2.45, 2.75) is 25.5 Å². The Morgan fingerprint density at radius 2 is 1.94 bits per heavy atom. The minimum Gasteiger partial charge on any atom is -0.495 e. The number of halogens is 2. The van der Waals surface area contributed by atoms with Crippen LogP contribution in [-0.2, 0) is 6.54 Å². The third-order valence-electron chi connectivity index (χ3n) is 5.95. The van der Waals surface area contributed by atoms with Crippen LogP contribution in [0.5, 0.6) is 5.75 Å². The number of aliphatic hydroxyl groups is 1. The number of aliphatic hydroxyl groups excluding tert-OH is 1. The monoisotopic (exact) mass is 500 g/mol. The zero-order valence-corrected chi connectivity index (χ0v) is 20.3. The number of nitrogens with one attached hydrogen (secondary N) is 1. The van der Waals surface area contributed by atoms with Crippen LogP contribution in [0.4, 0.5) is 11.6 Å². The molecule has 0 aliphatic carbocycles. The number of rotatable bonds is 6. The number of ether oxygens (including phenoxy) is 1. The summed E-state index contributed by atoms with van der Waals surface area (Å²) in [5.74, 6) is 2.17. The predicted molar refractivity (Wildman–Crippen MR) is 137 cm³/mol. The topological polar surface area (TPSA) is 88.3 Å². The van der Waals surface area contributed by atoms with E-state index in [0.717, 1.165) is 53.8 Å². The van der Waals surface area contributed by atoms with E-state index in [4.69, 9.17) is 16.3 Å². The number of hydrogen-bond donors (Lipinski definition) is 2. The second kappa shape index (κ2) is 10.5. The molecular weight excluding hydrogens is 475 g/mol. The van der Waals surface area contributed by atoms with Crippen LogP contribution in [-0.4, -0.2) is 51.4 Å². The van der Waals surface area contributed by atoms with E-state index in [-0.39, 0.29) is 18.5 Å². The van der Waals surface area contributed by atoms with Gasteiger partial charge in [-0.2, -0.15) is 5.10 Å². The Bertz CT molecular complexity index is 1260. The Kier molecular flexibility index (Phi) is 7.41. The highest BCUT2D eigenvalue weighted by Gasteiger charge is 2.21. The summed E-state index contributed by atoms with van der Waals surface area (Å²) < 4.78 is 7.07. The molecule has 0 amide bonds. The van der Waals surface area contributed by atoms with Gasteiger partial charge in [0.05, 0.1) is 23.9 Å². The number of benzene rings is 2. The van der Waals surface area contributed by atoms with Crippen molar-refractivity contribution in [2.75, 3.05) is 30.4 Å². The lowest BCUT2D eigenvalue weighted by Crippen LogP contribution is -2.36. The van der Waals surface area contributed by atoms with Gasteiger partial charge in [0.1, 0.15) is 5.75 Å². The van der Waals surface area contributed by atoms with Crippen LogP contribution in [0.3, 0.4) is 0 Å². The Labute approximate surface area is 208 Å². The highest BCUT2D eigenvalue weighted by Crippen LogP contribution is 2.32. The molecule has 4 aromatic rings. The maximum atomic E-state index is 9.90. The first kappa shape index (κ1) is 24.1. The Balaban J connectivity index is 0.00000274. The summed E-state index contributed by atoms with van der Waals surface area (Å²) in [6, 6.07) is 13.8. The summed E-state index contributed by atoms with van der Waals surface area (Å²) in [6.07, 6.45) is 4.88. The van der Waals surface area contributed by atoms with E-state index >= 15 is 0 Å². The van der Waals surface area contributed by atoms with Gasteiger partial charge >= 0.3 is 0 Å². The number of methoxy groups -OCH3 is 1. The first-order valence-electron chi connectivity index (χ1n) is 10.9. The van der Waals surface area contributed by atoms with E-state index in [2.05, 4.69) is 37.6 Å². The van der Waals surface area contributed by atoms with Gasteiger partial charge in [-0.1, -0.05) is 17.7 Å². The predicted octanol–water partition coefficient (Wildman–Crippen LogP) is 4.47. The Hall–Kier alpha value is -3.07. The molecule has 8 nitrogen and oxygen atoms in total. The molecule has 1 fully saturated rings. The average Bonchev–Trinajstić information content (AvgIpc) is 3.38. The molecule has 0 unspecified atom stereocenters. The fraction of sp³-hybridized carbons (Fsp3) is 0.292. The smallest absolute Gasteiger partial charge is 0.159 e. The lowest BCUT2D eigenvalue weighted by Gasteiger charge is -2.31. The van der Waals surface area contributed by atoms with Crippen LogP contribution in [0.15, 0.2) is 54.9 Å². The molecule has 0 spiro atoms. The van der Waals surface area contributed by atoms with Crippen LogP contribution >= 0.6 is 24.0 Å². The number of fused-ring (bicyclic) bond motifs is 1. The molecule has 2 aromatic heterocycles. The van der Waals surface area contributed by atoms with Crippen LogP contribution < -0.4 is 15.0 Å². The van der Waals surface area contributed by atoms with Gasteiger partial charge in [0, 0.05) is 42.8 Å². The molecule has 10 heteroatoms. The van der Waals surface area contributed by atoms with E-state index in [1.54, 1.807) is 13.3 Å². The van der Waals surface area contributed by atoms with Gasteiger partial charge in [0.25, 0.3) is 0 Å². The maximum Gasteiger partial charge on any atom is 0.159 e. The van der Waals surface area contributed by atoms with Crippen molar-refractivity contribution < 1.29 is 9.84 Å². The van der Waals surface area contributed by atoms with Gasteiger partial charge in [-0.15, -0.1) is 22.6 Å². The van der Waals surface area contributed by atoms with E-state index in [9.17, 15) is 5.11 Å². The molecule has 5 rings (SSSR count). The zero-order valence-electron chi connectivity index (χ0n) is 18.7. The quantitative estimate of drug-likeness (QED) is 0.403. The zero-order chi connectivity index (χ0) is 22.8. The number of nitrogens with zero attached hydrogens (tertiary/aromatic N) is 5. The molecule has 1 aliphatic heterocycles. The SMILES string of the molecule is COc1ccc(CNc2nnc(N3CCC(O)CC3)c3ccc(-n4cccn4)cc23)cc1Cl.Cl. The molecule has 0 atom stereocenters. The van der Waals surface area contributed by atoms with E-state index < -0.39 is 0 Å². The van der Waals surface area contributed by atoms with Gasteiger partial charge < -0.3 is 20.1 Å². The molecule has 0 radical (unpaired) electrons. The molecule has 0 saturated carbocycles. The third-order valence-corrected chi connectivity index (χ3v) is 6.25. The summed E-state index contributed by atoms with van der Waals surface area (Å²) in [5.41, 5.74) is 1.95. The summed E-state index contributed by atoms with van der Waals surface area (Å²) >= 11 is 6.29. The van der Waals surface area contributed by atoms with Gasteiger partial charge in [0.2, 0.25) is 0 Å². The number of hydrogen-bond acceptors (Lipinski definition) is 7. The first-order valence-corrected chi connectivity index (χ1v) is 11.3. The average molecular weight is 501 g/mol. The van der Waals surface area contributed by atoms with Crippen molar-refractivity contribution in [1.29, 1.82) is 0 Å². The molecule has 34 heavy (non-hydrogen) atoms. The van der Waals surface area contributed by atoms with E-state index in [1.807, 2.05) is 41.2 Å². The van der Waals surface area contributed by atoms with Crippen molar-refractivity contribution in [2.24, 2.45) is 0 Å². The van der Waals surface area contributed by atoms with Crippen LogP contribution in [0.2, 0.25) is 5.02 Å². The molecule has 0 bridgehead atoms. The van der Waals surface area contributed by atoms with Gasteiger partial charge in [-0.25, -0.2) is 4.68 Å². The minimum atomic E-state index is -0.246. The summed E-state index contributed by atoms with van der Waals surface area (Å²) in [7, 11) is 1.60. The second-order valence-corrected chi connectivity index (χ2v) is 8.50. The molecule has 1 aliphatic rings. The summed E-state index contributed by atoms with van der Waals surface area (Å²) in [6.45, 7) is 2.04. The Morgan fingerprint density at radius 1 is 1.12 bits per heavy atom. The fourth-order valence-corrected chi connectivity index (χ4v) is 4.42. The number of aromatic nitrogens is 4. The summed E-state index contributed by atoms with van der Waals surface area (Å²) in [5, 5.41) is 29.3. The van der Waals surface area contributed by atoms with Crippen LogP contribution in [0.25, 0.3) is 16.5 Å². The van der Waals surface area contributed by atoms with Crippen LogP contribution in [0, 0.1) is 0 Å². The molecular formula is C24H26Cl2N6O2. The fourth-order valence-electron chi connectivity index (χ4n) is 4.14. The van der Waals surface area contributed by atoms with Crippen molar-refractivity contribution in [1.82, 2.24) is 20.0 Å². The maximum absolute atomic E-state index is 9.90. The lowest BCUT2D eigenvalue weighted by molar-refractivity contribution is 0.145. The molecule has 2 aromatic carbocycles. The van der Waals surface area contributed by atoms with Crippen LogP contribution in [0.1, 0.15) is 18.4 Å². The van der Waals surface area contributed by atoms with Crippen molar-refractivity contribution in [3.63, 3.8) is 0 Å². The second-order valence-electron chi connectivity index (χ2n) is 8.09. The standard InChI is InChI=1S/C24H25ClN6O2.ClH/c1-33-22-6-3-16(13-21(22)25)15-26-23-20-14-17(31-10-2-9-27-31)4-5-19(20)24(29-28-23)30-11-7-18(32)8-12-30;/h2-6,9-10,13-14,18,32H,7-8,11-12,15H2,1H3,(H,26,28);1H. The molecule has 2 N–H and O–H groups in total. The first-order chi connectivity index (χ1) is 16.1.